The molecule has 1 aromatic rings. The molecule has 0 radical (unpaired) electrons. The van der Waals surface area contributed by atoms with Gasteiger partial charge < -0.3 is 10.1 Å². The number of hydrogen-bond acceptors (Lipinski definition) is 3. The number of benzene rings is 1. The minimum absolute atomic E-state index is 0.185. The number of hydrogen-bond donors (Lipinski definition) is 1. The Hall–Kier alpha value is -0.830. The lowest BCUT2D eigenvalue weighted by molar-refractivity contribution is 0.364. The first kappa shape index (κ1) is 16.2. The number of rotatable bonds is 7. The van der Waals surface area contributed by atoms with Crippen molar-refractivity contribution >= 4 is 26.7 Å². The van der Waals surface area contributed by atoms with E-state index in [4.69, 9.17) is 11.2 Å². The van der Waals surface area contributed by atoms with Gasteiger partial charge in [0.1, 0.15) is 12.4 Å². The maximum absolute atomic E-state index is 11.1. The van der Waals surface area contributed by atoms with Crippen molar-refractivity contribution in [2.75, 3.05) is 18.6 Å². The molecule has 0 aromatic heterocycles. The summed E-state index contributed by atoms with van der Waals surface area (Å²) >= 11 is 3.44. The van der Waals surface area contributed by atoms with E-state index in [2.05, 4.69) is 27.2 Å². The number of halogens is 1. The van der Waals surface area contributed by atoms with Gasteiger partial charge in [-0.25, -0.2) is 0 Å². The lowest BCUT2D eigenvalue weighted by Crippen LogP contribution is -2.30. The summed E-state index contributed by atoms with van der Waals surface area (Å²) in [6.45, 7) is 2.92. The Balaban J connectivity index is 2.67. The van der Waals surface area contributed by atoms with Gasteiger partial charge in [-0.05, 0) is 25.1 Å². The molecule has 0 bridgehead atoms. The topological polar surface area (TPSA) is 38.3 Å². The lowest BCUT2D eigenvalue weighted by atomic mass is 10.2. The van der Waals surface area contributed by atoms with Gasteiger partial charge in [0, 0.05) is 45.4 Å². The summed E-state index contributed by atoms with van der Waals surface area (Å²) in [5, 5.41) is 3.33. The second-order valence-corrected chi connectivity index (χ2v) is 6.66. The molecule has 0 amide bonds. The van der Waals surface area contributed by atoms with Crippen LogP contribution in [0.3, 0.4) is 0 Å². The maximum atomic E-state index is 11.1. The summed E-state index contributed by atoms with van der Waals surface area (Å²) in [5.41, 5.74) is 1.03. The van der Waals surface area contributed by atoms with Crippen molar-refractivity contribution in [2.45, 2.75) is 19.5 Å². The normalized spacial score (nSPS) is 13.6. The van der Waals surface area contributed by atoms with Gasteiger partial charge in [-0.2, -0.15) is 0 Å². The van der Waals surface area contributed by atoms with Crippen LogP contribution in [0.15, 0.2) is 22.7 Å². The smallest absolute Gasteiger partial charge is 0.148 e. The van der Waals surface area contributed by atoms with Crippen LogP contribution in [0.4, 0.5) is 0 Å². The van der Waals surface area contributed by atoms with Gasteiger partial charge in [0.2, 0.25) is 0 Å². The Bertz CT molecular complexity index is 485. The monoisotopic (exact) mass is 343 g/mol. The van der Waals surface area contributed by atoms with Gasteiger partial charge in [0.25, 0.3) is 0 Å². The third-order valence-electron chi connectivity index (χ3n) is 2.46. The minimum Gasteiger partial charge on any atom is -0.481 e. The Morgan fingerprint density at radius 3 is 2.95 bits per heavy atom. The van der Waals surface area contributed by atoms with Crippen molar-refractivity contribution in [2.24, 2.45) is 0 Å². The molecule has 0 aliphatic rings. The second-order valence-electron chi connectivity index (χ2n) is 4.27. The number of nitrogens with one attached hydrogen (secondary N) is 1. The van der Waals surface area contributed by atoms with Crippen LogP contribution in [0, 0.1) is 12.3 Å². The molecule has 2 unspecified atom stereocenters. The average Bonchev–Trinajstić information content (AvgIpc) is 2.34. The highest BCUT2D eigenvalue weighted by molar-refractivity contribution is 9.10. The van der Waals surface area contributed by atoms with E-state index in [1.54, 1.807) is 6.26 Å². The molecular formula is C14H18BrNO2S. The molecule has 3 nitrogen and oxygen atoms in total. The molecule has 1 aromatic carbocycles. The van der Waals surface area contributed by atoms with Crippen LogP contribution >= 0.6 is 15.9 Å². The van der Waals surface area contributed by atoms with E-state index in [1.807, 2.05) is 25.1 Å². The summed E-state index contributed by atoms with van der Waals surface area (Å²) in [7, 11) is -0.798. The molecule has 1 rings (SSSR count). The highest BCUT2D eigenvalue weighted by Gasteiger charge is 2.08. The van der Waals surface area contributed by atoms with Gasteiger partial charge in [-0.15, -0.1) is 6.42 Å². The second kappa shape index (κ2) is 8.36. The molecular weight excluding hydrogens is 326 g/mol. The van der Waals surface area contributed by atoms with Crippen LogP contribution in [-0.2, 0) is 17.3 Å². The van der Waals surface area contributed by atoms with E-state index < -0.39 is 10.8 Å². The van der Waals surface area contributed by atoms with Crippen LogP contribution in [0.25, 0.3) is 0 Å². The third-order valence-corrected chi connectivity index (χ3v) is 3.92. The van der Waals surface area contributed by atoms with E-state index in [1.165, 1.54) is 0 Å². The Kier molecular flexibility index (Phi) is 7.14. The lowest BCUT2D eigenvalue weighted by Gasteiger charge is -2.15. The number of ether oxygens (including phenoxy) is 1. The van der Waals surface area contributed by atoms with Gasteiger partial charge in [0.15, 0.2) is 0 Å². The average molecular weight is 344 g/mol. The van der Waals surface area contributed by atoms with Crippen LogP contribution < -0.4 is 10.1 Å². The van der Waals surface area contributed by atoms with E-state index >= 15 is 0 Å². The van der Waals surface area contributed by atoms with Crippen LogP contribution in [0.1, 0.15) is 12.5 Å². The summed E-state index contributed by atoms with van der Waals surface area (Å²) in [6, 6.07) is 5.99. The molecule has 0 saturated heterocycles. The van der Waals surface area contributed by atoms with Crippen LogP contribution in [0.2, 0.25) is 0 Å². The van der Waals surface area contributed by atoms with Crippen molar-refractivity contribution in [1.29, 1.82) is 0 Å². The largest absolute Gasteiger partial charge is 0.481 e. The SMILES string of the molecule is C#CCOc1ccc(Br)cc1CNC(C)CS(C)=O. The standard InChI is InChI=1S/C14H18BrNO2S/c1-4-7-18-14-6-5-13(15)8-12(14)9-16-11(2)10-19(3)17/h1,5-6,8,11,16H,7,9-10H2,2-3H3. The molecule has 0 aliphatic heterocycles. The molecule has 2 atom stereocenters. The summed E-state index contributed by atoms with van der Waals surface area (Å²) in [4.78, 5) is 0. The van der Waals surface area contributed by atoms with Gasteiger partial charge in [-0.1, -0.05) is 21.9 Å². The molecule has 19 heavy (non-hydrogen) atoms. The highest BCUT2D eigenvalue weighted by Crippen LogP contribution is 2.23. The molecule has 104 valence electrons. The Morgan fingerprint density at radius 2 is 2.32 bits per heavy atom. The predicted octanol–water partition coefficient (Wildman–Crippen LogP) is 2.32. The third kappa shape index (κ3) is 6.24. The molecule has 0 spiro atoms. The van der Waals surface area contributed by atoms with Gasteiger partial charge in [0.05, 0.1) is 0 Å². The zero-order valence-corrected chi connectivity index (χ0v) is 13.5. The van der Waals surface area contributed by atoms with Crippen LogP contribution in [-0.4, -0.2) is 28.9 Å². The maximum Gasteiger partial charge on any atom is 0.148 e. The first-order chi connectivity index (χ1) is 9.02. The fraction of sp³-hybridized carbons (Fsp3) is 0.429. The molecule has 1 N–H and O–H groups in total. The van der Waals surface area contributed by atoms with Crippen molar-refractivity contribution < 1.29 is 8.95 Å². The number of terminal acetylenes is 1. The Morgan fingerprint density at radius 1 is 1.58 bits per heavy atom. The first-order valence-electron chi connectivity index (χ1n) is 5.91. The summed E-state index contributed by atoms with van der Waals surface area (Å²) < 4.78 is 17.6. The van der Waals surface area contributed by atoms with Crippen molar-refractivity contribution in [3.8, 4) is 18.1 Å². The molecule has 0 heterocycles. The molecule has 0 fully saturated rings. The van der Waals surface area contributed by atoms with E-state index in [0.29, 0.717) is 12.3 Å². The minimum atomic E-state index is -0.798. The fourth-order valence-corrected chi connectivity index (χ4v) is 2.87. The predicted molar refractivity (Wildman–Crippen MR) is 83.7 cm³/mol. The summed E-state index contributed by atoms with van der Waals surface area (Å²) in [6.07, 6.45) is 6.91. The molecule has 0 aliphatic carbocycles. The van der Waals surface area contributed by atoms with Crippen molar-refractivity contribution in [3.63, 3.8) is 0 Å². The van der Waals surface area contributed by atoms with E-state index in [-0.39, 0.29) is 12.6 Å². The molecule has 5 heteroatoms. The van der Waals surface area contributed by atoms with E-state index in [9.17, 15) is 4.21 Å². The first-order valence-corrected chi connectivity index (χ1v) is 8.43. The Labute approximate surface area is 125 Å². The quantitative estimate of drug-likeness (QED) is 0.772. The van der Waals surface area contributed by atoms with Gasteiger partial charge in [-0.3, -0.25) is 4.21 Å². The van der Waals surface area contributed by atoms with Crippen molar-refractivity contribution in [3.05, 3.63) is 28.2 Å². The molecule has 0 saturated carbocycles. The van der Waals surface area contributed by atoms with Gasteiger partial charge >= 0.3 is 0 Å². The zero-order valence-electron chi connectivity index (χ0n) is 11.1. The fourth-order valence-electron chi connectivity index (χ4n) is 1.64. The van der Waals surface area contributed by atoms with Crippen LogP contribution in [0.5, 0.6) is 5.75 Å². The highest BCUT2D eigenvalue weighted by atomic mass is 79.9. The summed E-state index contributed by atoms with van der Waals surface area (Å²) in [5.74, 6) is 3.86. The van der Waals surface area contributed by atoms with Crippen molar-refractivity contribution in [1.82, 2.24) is 5.32 Å². The van der Waals surface area contributed by atoms with E-state index in [0.717, 1.165) is 15.8 Å². The zero-order chi connectivity index (χ0) is 14.3.